The molecular formula is C38H31ClFN5O6. The number of aliphatic hydroxyl groups excluding tert-OH is 1. The van der Waals surface area contributed by atoms with Gasteiger partial charge in [-0.1, -0.05) is 66.2 Å². The van der Waals surface area contributed by atoms with Crippen LogP contribution < -0.4 is 21.5 Å². The maximum Gasteiger partial charge on any atom is 0.352 e. The van der Waals surface area contributed by atoms with Crippen molar-refractivity contribution in [2.24, 2.45) is 5.92 Å². The fraction of sp³-hybridized carbons (Fsp3) is 0.211. The standard InChI is InChI=1S/C38H31ClFN5O6/c39-24-12-10-23(11-13-24)38-30(34(47)44(35(38)48)41-26-16-14-25(40)15-17-26)22-31-28(33(38)29-8-4-5-9-32(29)51-21-20-46)18-19-42-36(49)43(37(50)45(31)42)27-6-2-1-3-7-27/h1-18,30-31,33,41,46H,19-22H2. The van der Waals surface area contributed by atoms with E-state index >= 15 is 4.79 Å². The van der Waals surface area contributed by atoms with Crippen molar-refractivity contribution in [2.45, 2.75) is 30.3 Å². The van der Waals surface area contributed by atoms with Crippen molar-refractivity contribution in [3.63, 3.8) is 0 Å². The monoisotopic (exact) mass is 707 g/mol. The number of ether oxygens (including phenoxy) is 1. The first-order valence-electron chi connectivity index (χ1n) is 16.4. The number of nitrogens with zero attached hydrogens (tertiary/aromatic N) is 4. The number of carbonyl (C=O) groups is 2. The molecule has 51 heavy (non-hydrogen) atoms. The number of amides is 2. The Labute approximate surface area is 295 Å². The summed E-state index contributed by atoms with van der Waals surface area (Å²) in [6, 6.07) is 26.9. The van der Waals surface area contributed by atoms with Crippen LogP contribution in [0.5, 0.6) is 5.75 Å². The lowest BCUT2D eigenvalue weighted by molar-refractivity contribution is -0.138. The normalized spacial score (nSPS) is 22.2. The molecule has 4 aromatic carbocycles. The quantitative estimate of drug-likeness (QED) is 0.179. The lowest BCUT2D eigenvalue weighted by Gasteiger charge is -2.49. The van der Waals surface area contributed by atoms with E-state index in [1.165, 1.54) is 33.6 Å². The second-order valence-corrected chi connectivity index (χ2v) is 13.1. The van der Waals surface area contributed by atoms with Crippen LogP contribution in [0.15, 0.2) is 124 Å². The molecule has 2 N–H and O–H groups in total. The van der Waals surface area contributed by atoms with E-state index in [4.69, 9.17) is 16.3 Å². The van der Waals surface area contributed by atoms with Gasteiger partial charge in [0.15, 0.2) is 0 Å². The SMILES string of the molecule is O=C1C2CC3C(=CCn4c(=O)n(-c5ccccc5)c(=O)n43)C(c3ccccc3OCCO)C2(c2ccc(Cl)cc2)C(=O)N1Nc1ccc(F)cc1. The van der Waals surface area contributed by atoms with Gasteiger partial charge in [-0.15, -0.1) is 0 Å². The van der Waals surface area contributed by atoms with E-state index in [1.54, 1.807) is 72.8 Å². The Balaban J connectivity index is 1.39. The minimum Gasteiger partial charge on any atom is -0.491 e. The first kappa shape index (κ1) is 32.5. The Hall–Kier alpha value is -5.72. The lowest BCUT2D eigenvalue weighted by Crippen LogP contribution is -2.53. The third-order valence-corrected chi connectivity index (χ3v) is 10.4. The maximum absolute atomic E-state index is 15.3. The van der Waals surface area contributed by atoms with Gasteiger partial charge in [0.05, 0.1) is 41.9 Å². The second kappa shape index (κ2) is 12.6. The van der Waals surface area contributed by atoms with Gasteiger partial charge in [-0.05, 0) is 72.2 Å². The molecule has 3 aliphatic rings. The minimum atomic E-state index is -1.59. The lowest BCUT2D eigenvalue weighted by atomic mass is 9.53. The number of nitrogens with one attached hydrogen (secondary N) is 1. The van der Waals surface area contributed by atoms with Gasteiger partial charge in [0.2, 0.25) is 0 Å². The van der Waals surface area contributed by atoms with Crippen LogP contribution in [0.25, 0.3) is 5.69 Å². The Morgan fingerprint density at radius 3 is 2.31 bits per heavy atom. The van der Waals surface area contributed by atoms with Crippen LogP contribution in [-0.2, 0) is 21.5 Å². The summed E-state index contributed by atoms with van der Waals surface area (Å²) in [5.41, 5.74) is 2.65. The summed E-state index contributed by atoms with van der Waals surface area (Å²) in [5, 5.41) is 11.1. The Bertz CT molecular complexity index is 2320. The summed E-state index contributed by atoms with van der Waals surface area (Å²) in [7, 11) is 0. The molecule has 11 nitrogen and oxygen atoms in total. The van der Waals surface area contributed by atoms with Gasteiger partial charge in [0.25, 0.3) is 11.8 Å². The van der Waals surface area contributed by atoms with E-state index in [0.717, 1.165) is 9.58 Å². The highest BCUT2D eigenvalue weighted by atomic mass is 35.5. The summed E-state index contributed by atoms with van der Waals surface area (Å²) in [6.07, 6.45) is 1.85. The smallest absolute Gasteiger partial charge is 0.352 e. The number of aromatic nitrogens is 3. The Kier molecular flexibility index (Phi) is 8.00. The molecule has 0 radical (unpaired) electrons. The van der Waals surface area contributed by atoms with Crippen LogP contribution in [0.1, 0.15) is 29.5 Å². The predicted molar refractivity (Wildman–Crippen MR) is 186 cm³/mol. The van der Waals surface area contributed by atoms with Crippen molar-refractivity contribution in [1.82, 2.24) is 18.9 Å². The van der Waals surface area contributed by atoms with Gasteiger partial charge in [0.1, 0.15) is 18.2 Å². The highest BCUT2D eigenvalue weighted by molar-refractivity contribution is 6.30. The van der Waals surface area contributed by atoms with Gasteiger partial charge in [-0.3, -0.25) is 15.0 Å². The number of hydrogen-bond acceptors (Lipinski definition) is 7. The minimum absolute atomic E-state index is 0.00502. The number of hydrazine groups is 1. The van der Waals surface area contributed by atoms with Crippen molar-refractivity contribution in [2.75, 3.05) is 18.6 Å². The average Bonchev–Trinajstić information content (AvgIpc) is 3.53. The van der Waals surface area contributed by atoms with Crippen LogP contribution in [0.4, 0.5) is 10.1 Å². The number of aliphatic hydroxyl groups is 1. The van der Waals surface area contributed by atoms with Gasteiger partial charge < -0.3 is 9.84 Å². The summed E-state index contributed by atoms with van der Waals surface area (Å²) in [6.45, 7) is -0.276. The molecule has 2 amide bonds. The van der Waals surface area contributed by atoms with Crippen molar-refractivity contribution >= 4 is 29.1 Å². The molecule has 13 heteroatoms. The van der Waals surface area contributed by atoms with E-state index in [1.807, 2.05) is 12.1 Å². The molecule has 1 aliphatic carbocycles. The number of rotatable bonds is 8. The molecule has 1 saturated heterocycles. The van der Waals surface area contributed by atoms with Crippen molar-refractivity contribution < 1.29 is 23.8 Å². The number of carbonyl (C=O) groups excluding carboxylic acids is 2. The second-order valence-electron chi connectivity index (χ2n) is 12.7. The molecule has 0 spiro atoms. The van der Waals surface area contributed by atoms with E-state index in [0.29, 0.717) is 38.8 Å². The fourth-order valence-electron chi connectivity index (χ4n) is 8.07. The molecule has 8 rings (SSSR count). The number of allylic oxidation sites excluding steroid dienone is 2. The van der Waals surface area contributed by atoms with Crippen LogP contribution >= 0.6 is 11.6 Å². The Morgan fingerprint density at radius 2 is 1.59 bits per heavy atom. The number of para-hydroxylation sites is 2. The molecule has 0 bridgehead atoms. The zero-order valence-corrected chi connectivity index (χ0v) is 27.7. The highest BCUT2D eigenvalue weighted by Gasteiger charge is 2.69. The summed E-state index contributed by atoms with van der Waals surface area (Å²) >= 11 is 6.36. The zero-order chi connectivity index (χ0) is 35.4. The molecular weight excluding hydrogens is 677 g/mol. The predicted octanol–water partition coefficient (Wildman–Crippen LogP) is 4.58. The molecule has 2 aliphatic heterocycles. The van der Waals surface area contributed by atoms with Gasteiger partial charge in [0, 0.05) is 16.5 Å². The van der Waals surface area contributed by atoms with Crippen LogP contribution in [0.2, 0.25) is 5.02 Å². The Morgan fingerprint density at radius 1 is 0.882 bits per heavy atom. The number of hydrogen-bond donors (Lipinski definition) is 2. The number of fused-ring (bicyclic) bond motifs is 4. The van der Waals surface area contributed by atoms with Gasteiger partial charge in [-0.25, -0.2) is 27.9 Å². The number of halogens is 2. The molecule has 1 saturated carbocycles. The molecule has 3 heterocycles. The summed E-state index contributed by atoms with van der Waals surface area (Å²) < 4.78 is 23.8. The first-order valence-corrected chi connectivity index (χ1v) is 16.8. The molecule has 4 atom stereocenters. The van der Waals surface area contributed by atoms with E-state index in [9.17, 15) is 23.9 Å². The fourth-order valence-corrected chi connectivity index (χ4v) is 8.19. The van der Waals surface area contributed by atoms with Crippen LogP contribution in [-0.4, -0.2) is 49.1 Å². The maximum atomic E-state index is 15.3. The van der Waals surface area contributed by atoms with Gasteiger partial charge in [-0.2, -0.15) is 5.01 Å². The molecule has 5 aromatic rings. The largest absolute Gasteiger partial charge is 0.491 e. The third-order valence-electron chi connectivity index (χ3n) is 10.1. The van der Waals surface area contributed by atoms with Crippen LogP contribution in [0.3, 0.4) is 0 Å². The number of imide groups is 1. The third kappa shape index (κ3) is 4.96. The molecule has 258 valence electrons. The van der Waals surface area contributed by atoms with Crippen molar-refractivity contribution in [3.8, 4) is 11.4 Å². The zero-order valence-electron chi connectivity index (χ0n) is 27.0. The average molecular weight is 708 g/mol. The van der Waals surface area contributed by atoms with Crippen molar-refractivity contribution in [1.29, 1.82) is 0 Å². The van der Waals surface area contributed by atoms with Crippen LogP contribution in [0, 0.1) is 11.7 Å². The molecule has 4 unspecified atom stereocenters. The summed E-state index contributed by atoms with van der Waals surface area (Å²) in [4.78, 5) is 58.2. The molecule has 2 fully saturated rings. The van der Waals surface area contributed by atoms with Gasteiger partial charge >= 0.3 is 11.4 Å². The van der Waals surface area contributed by atoms with E-state index in [2.05, 4.69) is 5.43 Å². The number of benzene rings is 4. The molecule has 1 aromatic heterocycles. The topological polar surface area (TPSA) is 128 Å². The van der Waals surface area contributed by atoms with E-state index in [-0.39, 0.29) is 26.2 Å². The summed E-state index contributed by atoms with van der Waals surface area (Å²) in [5.74, 6) is -3.20. The van der Waals surface area contributed by atoms with Crippen molar-refractivity contribution in [3.05, 3.63) is 158 Å². The first-order chi connectivity index (χ1) is 24.7. The highest BCUT2D eigenvalue weighted by Crippen LogP contribution is 2.62. The number of anilines is 1. The van der Waals surface area contributed by atoms with E-state index < -0.39 is 52.3 Å².